The normalized spacial score (nSPS) is 16.8. The second-order valence-electron chi connectivity index (χ2n) is 4.83. The topological polar surface area (TPSA) is 46.1 Å². The van der Waals surface area contributed by atoms with E-state index in [1.807, 2.05) is 19.0 Å². The predicted molar refractivity (Wildman–Crippen MR) is 76.5 cm³/mol. The Kier molecular flexibility index (Phi) is 5.00. The summed E-state index contributed by atoms with van der Waals surface area (Å²) in [6.07, 6.45) is 5.88. The number of rotatable bonds is 5. The van der Waals surface area contributed by atoms with Crippen molar-refractivity contribution in [3.8, 4) is 0 Å². The summed E-state index contributed by atoms with van der Waals surface area (Å²) < 4.78 is 0.892. The minimum atomic E-state index is 0.299. The molecule has 0 amide bonds. The third-order valence-electron chi connectivity index (χ3n) is 3.18. The second kappa shape index (κ2) is 6.52. The first-order valence-electron chi connectivity index (χ1n) is 6.33. The number of ketones is 1. The lowest BCUT2D eigenvalue weighted by molar-refractivity contribution is -0.121. The van der Waals surface area contributed by atoms with Crippen molar-refractivity contribution in [2.75, 3.05) is 24.7 Å². The van der Waals surface area contributed by atoms with E-state index in [9.17, 15) is 4.79 Å². The van der Waals surface area contributed by atoms with Crippen LogP contribution in [0.2, 0.25) is 0 Å². The largest absolute Gasteiger partial charge is 0.353 e. The quantitative estimate of drug-likeness (QED) is 0.778. The Morgan fingerprint density at radius 2 is 2.06 bits per heavy atom. The lowest BCUT2D eigenvalue weighted by atomic mass is 9.87. The molecule has 0 atom stereocenters. The first kappa shape index (κ1) is 13.8. The molecule has 0 spiro atoms. The van der Waals surface area contributed by atoms with Crippen LogP contribution in [0.5, 0.6) is 0 Å². The highest BCUT2D eigenvalue weighted by Gasteiger charge is 2.21. The van der Waals surface area contributed by atoms with Crippen LogP contribution in [0.4, 0.5) is 5.13 Å². The number of carbonyl (C=O) groups excluding carboxylic acids is 1. The van der Waals surface area contributed by atoms with Crippen LogP contribution >= 0.6 is 23.1 Å². The van der Waals surface area contributed by atoms with Gasteiger partial charge in [0, 0.05) is 20.0 Å². The highest BCUT2D eigenvalue weighted by molar-refractivity contribution is 8.01. The Hall–Kier alpha value is -0.620. The average molecular weight is 285 g/mol. The lowest BCUT2D eigenvalue weighted by Gasteiger charge is -2.19. The molecule has 0 N–H and O–H groups in total. The second-order valence-corrected chi connectivity index (χ2v) is 7.01. The summed E-state index contributed by atoms with van der Waals surface area (Å²) in [5.74, 6) is 1.24. The summed E-state index contributed by atoms with van der Waals surface area (Å²) in [5, 5.41) is 9.05. The zero-order valence-corrected chi connectivity index (χ0v) is 12.5. The van der Waals surface area contributed by atoms with E-state index < -0.39 is 0 Å². The Labute approximate surface area is 116 Å². The minimum absolute atomic E-state index is 0.299. The molecule has 0 aromatic carbocycles. The van der Waals surface area contributed by atoms with Crippen LogP contribution in [0.1, 0.15) is 32.1 Å². The zero-order chi connectivity index (χ0) is 13.0. The number of anilines is 1. The Morgan fingerprint density at radius 1 is 1.33 bits per heavy atom. The van der Waals surface area contributed by atoms with Crippen molar-refractivity contribution in [2.45, 2.75) is 36.4 Å². The molecule has 1 heterocycles. The molecule has 1 aromatic rings. The molecule has 4 nitrogen and oxygen atoms in total. The molecule has 6 heteroatoms. The van der Waals surface area contributed by atoms with Gasteiger partial charge in [0.15, 0.2) is 4.34 Å². The molecule has 100 valence electrons. The maximum atomic E-state index is 12.0. The number of nitrogens with zero attached hydrogens (tertiary/aromatic N) is 3. The van der Waals surface area contributed by atoms with Gasteiger partial charge in [-0.3, -0.25) is 4.79 Å². The van der Waals surface area contributed by atoms with Gasteiger partial charge in [0.1, 0.15) is 5.78 Å². The zero-order valence-electron chi connectivity index (χ0n) is 10.9. The summed E-state index contributed by atoms with van der Waals surface area (Å²) in [7, 11) is 3.89. The van der Waals surface area contributed by atoms with E-state index in [1.165, 1.54) is 31.0 Å². The predicted octanol–water partition coefficient (Wildman–Crippen LogP) is 2.85. The van der Waals surface area contributed by atoms with Crippen LogP contribution < -0.4 is 4.90 Å². The number of thioether (sulfide) groups is 1. The SMILES string of the molecule is CN(C)c1nnc(SCC(=O)C2CCCCC2)s1. The molecule has 0 aliphatic heterocycles. The molecule has 18 heavy (non-hydrogen) atoms. The molecule has 1 saturated carbocycles. The molecule has 1 aliphatic carbocycles. The van der Waals surface area contributed by atoms with Crippen LogP contribution in [-0.4, -0.2) is 35.8 Å². The molecule has 1 fully saturated rings. The smallest absolute Gasteiger partial charge is 0.208 e. The molecular weight excluding hydrogens is 266 g/mol. The third kappa shape index (κ3) is 3.68. The monoisotopic (exact) mass is 285 g/mol. The van der Waals surface area contributed by atoms with Crippen molar-refractivity contribution in [1.29, 1.82) is 0 Å². The van der Waals surface area contributed by atoms with Gasteiger partial charge in [0.2, 0.25) is 5.13 Å². The molecule has 0 bridgehead atoms. The molecule has 0 unspecified atom stereocenters. The molecular formula is C12H19N3OS2. The van der Waals surface area contributed by atoms with Crippen molar-refractivity contribution < 1.29 is 4.79 Å². The van der Waals surface area contributed by atoms with Gasteiger partial charge in [-0.1, -0.05) is 42.4 Å². The molecule has 1 aliphatic rings. The van der Waals surface area contributed by atoms with Crippen molar-refractivity contribution in [3.05, 3.63) is 0 Å². The summed E-state index contributed by atoms with van der Waals surface area (Å²) >= 11 is 3.07. The van der Waals surface area contributed by atoms with Gasteiger partial charge in [0.05, 0.1) is 5.75 Å². The number of carbonyl (C=O) groups is 1. The van der Waals surface area contributed by atoms with E-state index >= 15 is 0 Å². The Balaban J connectivity index is 1.81. The number of aromatic nitrogens is 2. The minimum Gasteiger partial charge on any atom is -0.353 e. The third-order valence-corrected chi connectivity index (χ3v) is 5.42. The van der Waals surface area contributed by atoms with Crippen molar-refractivity contribution in [2.24, 2.45) is 5.92 Å². The van der Waals surface area contributed by atoms with Crippen LogP contribution in [0.25, 0.3) is 0 Å². The van der Waals surface area contributed by atoms with Crippen molar-refractivity contribution in [3.63, 3.8) is 0 Å². The van der Waals surface area contributed by atoms with E-state index in [2.05, 4.69) is 10.2 Å². The summed E-state index contributed by atoms with van der Waals surface area (Å²) in [4.78, 5) is 14.0. The Bertz CT molecular complexity index is 400. The summed E-state index contributed by atoms with van der Waals surface area (Å²) in [5.41, 5.74) is 0. The van der Waals surface area contributed by atoms with Crippen LogP contribution in [0.15, 0.2) is 4.34 Å². The fraction of sp³-hybridized carbons (Fsp3) is 0.750. The molecule has 0 radical (unpaired) electrons. The first-order valence-corrected chi connectivity index (χ1v) is 8.13. The van der Waals surface area contributed by atoms with Gasteiger partial charge in [0.25, 0.3) is 0 Å². The fourth-order valence-corrected chi connectivity index (χ4v) is 3.85. The summed E-state index contributed by atoms with van der Waals surface area (Å²) in [6.45, 7) is 0. The van der Waals surface area contributed by atoms with Gasteiger partial charge < -0.3 is 4.90 Å². The van der Waals surface area contributed by atoms with E-state index in [-0.39, 0.29) is 0 Å². The Morgan fingerprint density at radius 3 is 2.67 bits per heavy atom. The lowest BCUT2D eigenvalue weighted by Crippen LogP contribution is -2.19. The average Bonchev–Trinajstić information content (AvgIpc) is 2.86. The summed E-state index contributed by atoms with van der Waals surface area (Å²) in [6, 6.07) is 0. The molecule has 2 rings (SSSR count). The van der Waals surface area contributed by atoms with E-state index in [1.54, 1.807) is 11.3 Å². The van der Waals surface area contributed by atoms with E-state index in [0.717, 1.165) is 22.3 Å². The molecule has 1 aromatic heterocycles. The first-order chi connectivity index (χ1) is 8.66. The number of hydrogen-bond acceptors (Lipinski definition) is 6. The van der Waals surface area contributed by atoms with Crippen LogP contribution in [0.3, 0.4) is 0 Å². The van der Waals surface area contributed by atoms with Gasteiger partial charge in [-0.25, -0.2) is 0 Å². The fourth-order valence-electron chi connectivity index (χ4n) is 2.12. The van der Waals surface area contributed by atoms with Gasteiger partial charge in [-0.05, 0) is 12.8 Å². The van der Waals surface area contributed by atoms with Gasteiger partial charge in [-0.2, -0.15) is 0 Å². The van der Waals surface area contributed by atoms with Crippen LogP contribution in [0, 0.1) is 5.92 Å². The van der Waals surface area contributed by atoms with Gasteiger partial charge in [-0.15, -0.1) is 10.2 Å². The molecule has 0 saturated heterocycles. The van der Waals surface area contributed by atoms with Gasteiger partial charge >= 0.3 is 0 Å². The van der Waals surface area contributed by atoms with Crippen LogP contribution in [-0.2, 0) is 4.79 Å². The van der Waals surface area contributed by atoms with E-state index in [4.69, 9.17) is 0 Å². The maximum absolute atomic E-state index is 12.0. The van der Waals surface area contributed by atoms with E-state index in [0.29, 0.717) is 17.5 Å². The standard InChI is InChI=1S/C12H19N3OS2/c1-15(2)11-13-14-12(18-11)17-8-10(16)9-6-4-3-5-7-9/h9H,3-8H2,1-2H3. The maximum Gasteiger partial charge on any atom is 0.208 e. The number of Topliss-reactive ketones (excluding diaryl/α,β-unsaturated/α-hetero) is 1. The number of hydrogen-bond donors (Lipinski definition) is 0. The van der Waals surface area contributed by atoms with Crippen molar-refractivity contribution in [1.82, 2.24) is 10.2 Å². The highest BCUT2D eigenvalue weighted by Crippen LogP contribution is 2.30. The van der Waals surface area contributed by atoms with Crippen molar-refractivity contribution >= 4 is 34.0 Å². The highest BCUT2D eigenvalue weighted by atomic mass is 32.2.